The third kappa shape index (κ3) is 3.17. The first-order valence-corrected chi connectivity index (χ1v) is 8.28. The fourth-order valence-electron chi connectivity index (χ4n) is 1.02. The number of aromatic amines is 1. The zero-order chi connectivity index (χ0) is 11.7. The van der Waals surface area contributed by atoms with Gasteiger partial charge < -0.3 is 4.43 Å². The van der Waals surface area contributed by atoms with Crippen LogP contribution in [0.4, 0.5) is 0 Å². The molecule has 0 unspecified atom stereocenters. The lowest BCUT2D eigenvalue weighted by atomic mass is 10.2. The van der Waals surface area contributed by atoms with Gasteiger partial charge >= 0.3 is 0 Å². The maximum Gasteiger partial charge on any atom is 0.192 e. The van der Waals surface area contributed by atoms with Gasteiger partial charge in [0.2, 0.25) is 0 Å². The van der Waals surface area contributed by atoms with Crippen molar-refractivity contribution in [3.05, 3.63) is 17.5 Å². The number of H-pyrrole nitrogens is 1. The van der Waals surface area contributed by atoms with E-state index in [0.717, 1.165) is 11.4 Å². The predicted molar refractivity (Wildman–Crippen MR) is 65.3 cm³/mol. The van der Waals surface area contributed by atoms with E-state index in [4.69, 9.17) is 4.43 Å². The van der Waals surface area contributed by atoms with Crippen LogP contribution in [0.3, 0.4) is 0 Å². The van der Waals surface area contributed by atoms with E-state index in [9.17, 15) is 0 Å². The molecule has 0 amide bonds. The number of hydrogen-bond donors (Lipinski definition) is 1. The van der Waals surface area contributed by atoms with E-state index in [1.165, 1.54) is 0 Å². The van der Waals surface area contributed by atoms with Gasteiger partial charge in [0.1, 0.15) is 0 Å². The van der Waals surface area contributed by atoms with Gasteiger partial charge in [0.25, 0.3) is 0 Å². The molecule has 0 aliphatic carbocycles. The number of aromatic nitrogens is 2. The molecular formula is C11H22N2OSi. The van der Waals surface area contributed by atoms with E-state index in [1.54, 1.807) is 0 Å². The summed E-state index contributed by atoms with van der Waals surface area (Å²) in [7, 11) is -1.63. The van der Waals surface area contributed by atoms with Crippen LogP contribution in [0.1, 0.15) is 32.2 Å². The Labute approximate surface area is 93.4 Å². The van der Waals surface area contributed by atoms with Crippen LogP contribution in [-0.4, -0.2) is 18.5 Å². The van der Waals surface area contributed by atoms with Crippen molar-refractivity contribution in [2.24, 2.45) is 0 Å². The summed E-state index contributed by atoms with van der Waals surface area (Å²) < 4.78 is 6.05. The van der Waals surface area contributed by atoms with Crippen molar-refractivity contribution in [3.63, 3.8) is 0 Å². The first kappa shape index (κ1) is 12.5. The molecule has 1 heterocycles. The second kappa shape index (κ2) is 4.10. The maximum atomic E-state index is 6.05. The van der Waals surface area contributed by atoms with Gasteiger partial charge in [-0.1, -0.05) is 20.8 Å². The summed E-state index contributed by atoms with van der Waals surface area (Å²) in [6, 6.07) is 2.03. The van der Waals surface area contributed by atoms with Crippen LogP contribution in [0.2, 0.25) is 18.1 Å². The highest BCUT2D eigenvalue weighted by Gasteiger charge is 2.37. The highest BCUT2D eigenvalue weighted by Crippen LogP contribution is 2.36. The molecule has 0 aliphatic heterocycles. The number of nitrogens with zero attached hydrogens (tertiary/aromatic N) is 1. The lowest BCUT2D eigenvalue weighted by Gasteiger charge is -2.35. The molecule has 86 valence electrons. The first-order valence-electron chi connectivity index (χ1n) is 5.37. The van der Waals surface area contributed by atoms with Crippen molar-refractivity contribution in [3.8, 4) is 0 Å². The smallest absolute Gasteiger partial charge is 0.192 e. The summed E-state index contributed by atoms with van der Waals surface area (Å²) in [5, 5.41) is 7.36. The minimum Gasteiger partial charge on any atom is -0.411 e. The second-order valence-electron chi connectivity index (χ2n) is 5.59. The molecule has 0 aliphatic rings. The predicted octanol–water partition coefficient (Wildman–Crippen LogP) is 3.24. The molecule has 15 heavy (non-hydrogen) atoms. The Bertz CT molecular complexity index is 326. The quantitative estimate of drug-likeness (QED) is 0.803. The monoisotopic (exact) mass is 226 g/mol. The van der Waals surface area contributed by atoms with Crippen LogP contribution >= 0.6 is 0 Å². The number of aryl methyl sites for hydroxylation is 1. The van der Waals surface area contributed by atoms with E-state index in [0.29, 0.717) is 6.61 Å². The van der Waals surface area contributed by atoms with E-state index in [1.807, 2.05) is 13.0 Å². The Hall–Kier alpha value is -0.613. The van der Waals surface area contributed by atoms with Crippen LogP contribution in [0.5, 0.6) is 0 Å². The third-order valence-corrected chi connectivity index (χ3v) is 7.62. The summed E-state index contributed by atoms with van der Waals surface area (Å²) in [5.74, 6) is 0. The summed E-state index contributed by atoms with van der Waals surface area (Å²) >= 11 is 0. The number of nitrogens with one attached hydrogen (secondary N) is 1. The molecule has 1 N–H and O–H groups in total. The zero-order valence-corrected chi connectivity index (χ0v) is 11.6. The van der Waals surface area contributed by atoms with Gasteiger partial charge in [0, 0.05) is 5.69 Å². The Morgan fingerprint density at radius 2 is 2.00 bits per heavy atom. The first-order chi connectivity index (χ1) is 6.72. The highest BCUT2D eigenvalue weighted by atomic mass is 28.4. The van der Waals surface area contributed by atoms with Gasteiger partial charge in [-0.05, 0) is 31.1 Å². The van der Waals surface area contributed by atoms with Crippen LogP contribution in [-0.2, 0) is 11.0 Å². The van der Waals surface area contributed by atoms with E-state index in [2.05, 4.69) is 44.1 Å². The Morgan fingerprint density at radius 3 is 2.40 bits per heavy atom. The zero-order valence-electron chi connectivity index (χ0n) is 10.6. The van der Waals surface area contributed by atoms with Crippen LogP contribution < -0.4 is 0 Å². The molecule has 3 nitrogen and oxygen atoms in total. The van der Waals surface area contributed by atoms with Gasteiger partial charge in [0.05, 0.1) is 12.3 Å². The number of hydrogen-bond acceptors (Lipinski definition) is 2. The van der Waals surface area contributed by atoms with Crippen molar-refractivity contribution < 1.29 is 4.43 Å². The molecule has 1 aromatic heterocycles. The fraction of sp³-hybridized carbons (Fsp3) is 0.727. The molecule has 1 aromatic rings. The molecule has 1 rings (SSSR count). The summed E-state index contributed by atoms with van der Waals surface area (Å²) in [6.45, 7) is 13.9. The van der Waals surface area contributed by atoms with Crippen LogP contribution in [0.25, 0.3) is 0 Å². The molecule has 4 heteroatoms. The van der Waals surface area contributed by atoms with Crippen molar-refractivity contribution >= 4 is 8.32 Å². The van der Waals surface area contributed by atoms with Gasteiger partial charge in [-0.15, -0.1) is 0 Å². The average Bonchev–Trinajstić information content (AvgIpc) is 2.46. The Balaban J connectivity index is 2.57. The molecule has 0 spiro atoms. The molecule has 0 fully saturated rings. The standard InChI is InChI=1S/C11H22N2OSi/c1-9-7-10(13-12-9)8-14-15(5,6)11(2,3)4/h7H,8H2,1-6H3,(H,12,13). The van der Waals surface area contributed by atoms with Crippen molar-refractivity contribution in [2.75, 3.05) is 0 Å². The van der Waals surface area contributed by atoms with Crippen LogP contribution in [0, 0.1) is 6.92 Å². The molecule has 0 saturated heterocycles. The van der Waals surface area contributed by atoms with E-state index >= 15 is 0 Å². The lowest BCUT2D eigenvalue weighted by molar-refractivity contribution is 0.272. The average molecular weight is 226 g/mol. The minimum atomic E-state index is -1.63. The maximum absolute atomic E-state index is 6.05. The van der Waals surface area contributed by atoms with Gasteiger partial charge in [-0.2, -0.15) is 5.10 Å². The summed E-state index contributed by atoms with van der Waals surface area (Å²) in [5.41, 5.74) is 2.08. The third-order valence-electron chi connectivity index (χ3n) is 3.15. The van der Waals surface area contributed by atoms with Gasteiger partial charge in [0.15, 0.2) is 8.32 Å². The minimum absolute atomic E-state index is 0.262. The normalized spacial score (nSPS) is 13.2. The Kier molecular flexibility index (Phi) is 3.40. The summed E-state index contributed by atoms with van der Waals surface area (Å²) in [6.07, 6.45) is 0. The van der Waals surface area contributed by atoms with Crippen molar-refractivity contribution in [1.82, 2.24) is 10.2 Å². The van der Waals surface area contributed by atoms with Crippen molar-refractivity contribution in [2.45, 2.75) is 52.4 Å². The van der Waals surface area contributed by atoms with Gasteiger partial charge in [-0.3, -0.25) is 5.10 Å². The highest BCUT2D eigenvalue weighted by molar-refractivity contribution is 6.74. The number of rotatable bonds is 3. The van der Waals surface area contributed by atoms with Crippen molar-refractivity contribution in [1.29, 1.82) is 0 Å². The van der Waals surface area contributed by atoms with Crippen LogP contribution in [0.15, 0.2) is 6.07 Å². The van der Waals surface area contributed by atoms with E-state index in [-0.39, 0.29) is 5.04 Å². The van der Waals surface area contributed by atoms with Gasteiger partial charge in [-0.25, -0.2) is 0 Å². The Morgan fingerprint density at radius 1 is 1.40 bits per heavy atom. The largest absolute Gasteiger partial charge is 0.411 e. The molecule has 0 atom stereocenters. The summed E-state index contributed by atoms with van der Waals surface area (Å²) in [4.78, 5) is 0. The second-order valence-corrected chi connectivity index (χ2v) is 10.4. The molecule has 0 bridgehead atoms. The SMILES string of the molecule is Cc1cc(CO[Si](C)(C)C(C)(C)C)n[nH]1. The molecule has 0 saturated carbocycles. The van der Waals surface area contributed by atoms with E-state index < -0.39 is 8.32 Å². The topological polar surface area (TPSA) is 37.9 Å². The lowest BCUT2D eigenvalue weighted by Crippen LogP contribution is -2.40. The fourth-order valence-corrected chi connectivity index (χ4v) is 1.96. The molecule has 0 aromatic carbocycles. The molecule has 0 radical (unpaired) electrons. The molecular weight excluding hydrogens is 204 g/mol.